The smallest absolute Gasteiger partial charge is 0.371 e. The van der Waals surface area contributed by atoms with E-state index >= 15 is 0 Å². The number of hydrogen-bond acceptors (Lipinski definition) is 6. The Morgan fingerprint density at radius 1 is 1.45 bits per heavy atom. The van der Waals surface area contributed by atoms with Crippen LogP contribution in [0, 0.1) is 0 Å². The fourth-order valence-corrected chi connectivity index (χ4v) is 1.49. The molecule has 7 heteroatoms. The number of anilines is 1. The Kier molecular flexibility index (Phi) is 4.54. The molecule has 0 aliphatic heterocycles. The van der Waals surface area contributed by atoms with Gasteiger partial charge in [0.15, 0.2) is 0 Å². The number of carboxylic acids is 1. The van der Waals surface area contributed by atoms with Gasteiger partial charge in [-0.15, -0.1) is 0 Å². The van der Waals surface area contributed by atoms with Crippen LogP contribution in [0.4, 0.5) is 5.82 Å². The predicted octanol–water partition coefficient (Wildman–Crippen LogP) is 2.17. The van der Waals surface area contributed by atoms with Gasteiger partial charge in [-0.3, -0.25) is 0 Å². The number of rotatable bonds is 7. The average molecular weight is 277 g/mol. The molecule has 0 aliphatic carbocycles. The van der Waals surface area contributed by atoms with Crippen molar-refractivity contribution in [3.8, 4) is 5.88 Å². The predicted molar refractivity (Wildman–Crippen MR) is 70.8 cm³/mol. The Labute approximate surface area is 115 Å². The van der Waals surface area contributed by atoms with Gasteiger partial charge in [0.25, 0.3) is 0 Å². The summed E-state index contributed by atoms with van der Waals surface area (Å²) < 4.78 is 10.5. The molecule has 106 valence electrons. The van der Waals surface area contributed by atoms with Crippen molar-refractivity contribution in [2.45, 2.75) is 19.9 Å². The Morgan fingerprint density at radius 2 is 2.30 bits per heavy atom. The van der Waals surface area contributed by atoms with Gasteiger partial charge in [0.2, 0.25) is 11.6 Å². The van der Waals surface area contributed by atoms with E-state index in [2.05, 4.69) is 15.3 Å². The van der Waals surface area contributed by atoms with Gasteiger partial charge in [0.1, 0.15) is 17.9 Å². The monoisotopic (exact) mass is 277 g/mol. The summed E-state index contributed by atoms with van der Waals surface area (Å²) in [6.07, 6.45) is 2.30. The van der Waals surface area contributed by atoms with Gasteiger partial charge in [-0.1, -0.05) is 6.92 Å². The van der Waals surface area contributed by atoms with Gasteiger partial charge in [-0.25, -0.2) is 14.8 Å². The number of aromatic nitrogens is 2. The summed E-state index contributed by atoms with van der Waals surface area (Å²) in [5.41, 5.74) is 0. The maximum absolute atomic E-state index is 10.7. The minimum absolute atomic E-state index is 0.0866. The van der Waals surface area contributed by atoms with E-state index in [9.17, 15) is 4.79 Å². The van der Waals surface area contributed by atoms with E-state index in [0.29, 0.717) is 30.6 Å². The van der Waals surface area contributed by atoms with E-state index in [1.165, 1.54) is 12.4 Å². The van der Waals surface area contributed by atoms with Crippen LogP contribution in [0.15, 0.2) is 28.9 Å². The molecule has 2 aromatic rings. The Morgan fingerprint density at radius 3 is 3.00 bits per heavy atom. The van der Waals surface area contributed by atoms with Crippen LogP contribution in [0.1, 0.15) is 29.7 Å². The molecule has 0 spiro atoms. The number of aromatic carboxylic acids is 1. The van der Waals surface area contributed by atoms with Gasteiger partial charge in [-0.2, -0.15) is 0 Å². The second-order valence-electron chi connectivity index (χ2n) is 4.01. The second kappa shape index (κ2) is 6.55. The molecular weight excluding hydrogens is 262 g/mol. The minimum atomic E-state index is -1.09. The van der Waals surface area contributed by atoms with E-state index in [1.54, 1.807) is 12.1 Å². The quantitative estimate of drug-likeness (QED) is 0.800. The zero-order chi connectivity index (χ0) is 14.4. The lowest BCUT2D eigenvalue weighted by Gasteiger charge is -2.06. The highest BCUT2D eigenvalue weighted by Gasteiger charge is 2.08. The van der Waals surface area contributed by atoms with Crippen molar-refractivity contribution < 1.29 is 19.1 Å². The van der Waals surface area contributed by atoms with Crippen LogP contribution in [0.5, 0.6) is 5.88 Å². The summed E-state index contributed by atoms with van der Waals surface area (Å²) >= 11 is 0. The van der Waals surface area contributed by atoms with E-state index in [4.69, 9.17) is 14.3 Å². The van der Waals surface area contributed by atoms with Crippen molar-refractivity contribution in [2.24, 2.45) is 0 Å². The maximum atomic E-state index is 10.7. The molecule has 2 N–H and O–H groups in total. The molecule has 0 saturated heterocycles. The van der Waals surface area contributed by atoms with Crippen molar-refractivity contribution in [1.82, 2.24) is 9.97 Å². The molecule has 0 aromatic carbocycles. The Bertz CT molecular complexity index is 583. The van der Waals surface area contributed by atoms with Crippen LogP contribution in [0.25, 0.3) is 0 Å². The third kappa shape index (κ3) is 3.71. The first kappa shape index (κ1) is 13.9. The van der Waals surface area contributed by atoms with Crippen LogP contribution in [0.3, 0.4) is 0 Å². The van der Waals surface area contributed by atoms with Gasteiger partial charge in [0, 0.05) is 6.07 Å². The van der Waals surface area contributed by atoms with Gasteiger partial charge >= 0.3 is 5.97 Å². The normalized spacial score (nSPS) is 10.2. The third-order valence-electron chi connectivity index (χ3n) is 2.41. The molecule has 0 bridgehead atoms. The molecule has 0 unspecified atom stereocenters. The zero-order valence-electron chi connectivity index (χ0n) is 11.0. The number of hydrogen-bond donors (Lipinski definition) is 2. The number of nitrogens with one attached hydrogen (secondary N) is 1. The average Bonchev–Trinajstić information content (AvgIpc) is 2.92. The Hall–Kier alpha value is -2.57. The number of nitrogens with zero attached hydrogens (tertiary/aromatic N) is 2. The fraction of sp³-hybridized carbons (Fsp3) is 0.308. The molecule has 0 aliphatic rings. The van der Waals surface area contributed by atoms with E-state index in [0.717, 1.165) is 6.42 Å². The van der Waals surface area contributed by atoms with Gasteiger partial charge in [-0.05, 0) is 18.6 Å². The van der Waals surface area contributed by atoms with Gasteiger partial charge in [0.05, 0.1) is 13.2 Å². The molecule has 0 amide bonds. The minimum Gasteiger partial charge on any atom is -0.478 e. The van der Waals surface area contributed by atoms with Crippen LogP contribution in [0.2, 0.25) is 0 Å². The van der Waals surface area contributed by atoms with Crippen molar-refractivity contribution in [3.05, 3.63) is 36.0 Å². The molecule has 0 saturated carbocycles. The summed E-state index contributed by atoms with van der Waals surface area (Å²) in [7, 11) is 0. The highest BCUT2D eigenvalue weighted by atomic mass is 16.5. The fourth-order valence-electron chi connectivity index (χ4n) is 1.49. The van der Waals surface area contributed by atoms with Crippen LogP contribution >= 0.6 is 0 Å². The SMILES string of the molecule is CCCOc1cc(NCc2ccc(C(=O)O)o2)ncn1. The van der Waals surface area contributed by atoms with Crippen molar-refractivity contribution in [3.63, 3.8) is 0 Å². The van der Waals surface area contributed by atoms with E-state index < -0.39 is 5.97 Å². The van der Waals surface area contributed by atoms with Crippen LogP contribution in [-0.2, 0) is 6.54 Å². The van der Waals surface area contributed by atoms with Crippen LogP contribution < -0.4 is 10.1 Å². The molecule has 20 heavy (non-hydrogen) atoms. The number of carboxylic acid groups (broad SMARTS) is 1. The largest absolute Gasteiger partial charge is 0.478 e. The highest BCUT2D eigenvalue weighted by molar-refractivity contribution is 5.84. The summed E-state index contributed by atoms with van der Waals surface area (Å²) in [4.78, 5) is 18.7. The molecule has 7 nitrogen and oxygen atoms in total. The van der Waals surface area contributed by atoms with Crippen molar-refractivity contribution >= 4 is 11.8 Å². The second-order valence-corrected chi connectivity index (χ2v) is 4.01. The molecular formula is C13H15N3O4. The van der Waals surface area contributed by atoms with Crippen LogP contribution in [-0.4, -0.2) is 27.7 Å². The third-order valence-corrected chi connectivity index (χ3v) is 2.41. The standard InChI is InChI=1S/C13H15N3O4/c1-2-5-19-12-6-11(15-8-16-12)14-7-9-3-4-10(20-9)13(17)18/h3-4,6,8H,2,5,7H2,1H3,(H,17,18)(H,14,15,16). The molecule has 0 radical (unpaired) electrons. The lowest BCUT2D eigenvalue weighted by molar-refractivity contribution is 0.0660. The molecule has 0 fully saturated rings. The lowest BCUT2D eigenvalue weighted by atomic mass is 10.4. The maximum Gasteiger partial charge on any atom is 0.371 e. The molecule has 0 atom stereocenters. The number of ether oxygens (including phenoxy) is 1. The molecule has 2 aromatic heterocycles. The Balaban J connectivity index is 1.94. The van der Waals surface area contributed by atoms with E-state index in [1.807, 2.05) is 6.92 Å². The van der Waals surface area contributed by atoms with E-state index in [-0.39, 0.29) is 5.76 Å². The lowest BCUT2D eigenvalue weighted by Crippen LogP contribution is -2.03. The molecule has 2 rings (SSSR count). The van der Waals surface area contributed by atoms with Crippen molar-refractivity contribution in [1.29, 1.82) is 0 Å². The summed E-state index contributed by atoms with van der Waals surface area (Å²) in [5, 5.41) is 11.8. The highest BCUT2D eigenvalue weighted by Crippen LogP contribution is 2.14. The number of carbonyl (C=O) groups is 1. The number of furan rings is 1. The van der Waals surface area contributed by atoms with Crippen molar-refractivity contribution in [2.75, 3.05) is 11.9 Å². The first-order valence-corrected chi connectivity index (χ1v) is 6.19. The first-order chi connectivity index (χ1) is 9.69. The topological polar surface area (TPSA) is 97.5 Å². The first-order valence-electron chi connectivity index (χ1n) is 6.19. The summed E-state index contributed by atoms with van der Waals surface area (Å²) in [6, 6.07) is 4.69. The zero-order valence-corrected chi connectivity index (χ0v) is 11.0. The summed E-state index contributed by atoms with van der Waals surface area (Å²) in [5.74, 6) is 0.413. The van der Waals surface area contributed by atoms with Gasteiger partial charge < -0.3 is 19.6 Å². The molecule has 2 heterocycles. The summed E-state index contributed by atoms with van der Waals surface area (Å²) in [6.45, 7) is 2.94.